The van der Waals surface area contributed by atoms with Crippen molar-refractivity contribution in [1.29, 1.82) is 0 Å². The molecule has 0 atom stereocenters. The Morgan fingerprint density at radius 1 is 1.21 bits per heavy atom. The minimum Gasteiger partial charge on any atom is -0.366 e. The fourth-order valence-corrected chi connectivity index (χ4v) is 1.55. The van der Waals surface area contributed by atoms with Crippen LogP contribution in [0.4, 0.5) is 5.82 Å². The molecule has 0 radical (unpaired) electrons. The summed E-state index contributed by atoms with van der Waals surface area (Å²) in [6.07, 6.45) is 2.71. The van der Waals surface area contributed by atoms with Gasteiger partial charge in [-0.3, -0.25) is 14.6 Å². The van der Waals surface area contributed by atoms with Crippen LogP contribution in [0.1, 0.15) is 20.7 Å². The van der Waals surface area contributed by atoms with Gasteiger partial charge in [-0.25, -0.2) is 4.98 Å². The molecule has 0 bridgehead atoms. The van der Waals surface area contributed by atoms with E-state index in [0.717, 1.165) is 0 Å². The molecule has 0 fully saturated rings. The number of nitrogens with one attached hydrogen (secondary N) is 1. The molecule has 1 aromatic heterocycles. The van der Waals surface area contributed by atoms with Crippen LogP contribution in [0.15, 0.2) is 36.7 Å². The van der Waals surface area contributed by atoms with Crippen molar-refractivity contribution in [2.24, 2.45) is 5.73 Å². The molecule has 19 heavy (non-hydrogen) atoms. The van der Waals surface area contributed by atoms with Crippen molar-refractivity contribution in [1.82, 2.24) is 9.97 Å². The van der Waals surface area contributed by atoms with E-state index in [1.807, 2.05) is 0 Å². The molecule has 0 saturated carbocycles. The first-order chi connectivity index (χ1) is 9.06. The summed E-state index contributed by atoms with van der Waals surface area (Å²) in [6.45, 7) is 0. The average molecular weight is 277 g/mol. The molecule has 7 heteroatoms. The summed E-state index contributed by atoms with van der Waals surface area (Å²) in [7, 11) is 0. The van der Waals surface area contributed by atoms with Gasteiger partial charge in [0, 0.05) is 11.1 Å². The molecule has 2 rings (SSSR count). The van der Waals surface area contributed by atoms with Crippen LogP contribution in [0.5, 0.6) is 0 Å². The first kappa shape index (κ1) is 13.0. The second-order valence-corrected chi connectivity index (χ2v) is 4.01. The van der Waals surface area contributed by atoms with Crippen LogP contribution in [0, 0.1) is 0 Å². The van der Waals surface area contributed by atoms with Crippen molar-refractivity contribution in [2.75, 3.05) is 5.32 Å². The summed E-state index contributed by atoms with van der Waals surface area (Å²) in [6, 6.07) is 6.05. The van der Waals surface area contributed by atoms with E-state index in [1.54, 1.807) is 12.1 Å². The largest absolute Gasteiger partial charge is 0.366 e. The Morgan fingerprint density at radius 3 is 2.63 bits per heavy atom. The van der Waals surface area contributed by atoms with Gasteiger partial charge >= 0.3 is 0 Å². The zero-order chi connectivity index (χ0) is 13.8. The standard InChI is InChI=1S/C12H9ClN4O2/c13-9-5-15-6-10(16-9)17-12(19)8-3-1-2-7(4-8)11(14)18/h1-6H,(H2,14,18)(H,16,17,19). The number of carbonyl (C=O) groups is 2. The summed E-state index contributed by atoms with van der Waals surface area (Å²) in [5.74, 6) is -0.807. The topological polar surface area (TPSA) is 98.0 Å². The molecule has 96 valence electrons. The van der Waals surface area contributed by atoms with Crippen LogP contribution in [0.2, 0.25) is 5.15 Å². The van der Waals surface area contributed by atoms with Crippen LogP contribution in [-0.2, 0) is 0 Å². The lowest BCUT2D eigenvalue weighted by Crippen LogP contribution is -2.16. The van der Waals surface area contributed by atoms with Crippen LogP contribution in [-0.4, -0.2) is 21.8 Å². The number of amides is 2. The summed E-state index contributed by atoms with van der Waals surface area (Å²) in [5, 5.41) is 2.69. The maximum atomic E-state index is 11.9. The van der Waals surface area contributed by atoms with Gasteiger partial charge in [-0.2, -0.15) is 0 Å². The van der Waals surface area contributed by atoms with Gasteiger partial charge in [0.15, 0.2) is 5.82 Å². The quantitative estimate of drug-likeness (QED) is 0.887. The predicted molar refractivity (Wildman–Crippen MR) is 70.0 cm³/mol. The molecule has 6 nitrogen and oxygen atoms in total. The maximum absolute atomic E-state index is 11.9. The van der Waals surface area contributed by atoms with Crippen LogP contribution >= 0.6 is 11.6 Å². The SMILES string of the molecule is NC(=O)c1cccc(C(=O)Nc2cncc(Cl)n2)c1. The van der Waals surface area contributed by atoms with Gasteiger partial charge in [0.1, 0.15) is 5.15 Å². The molecule has 2 amide bonds. The van der Waals surface area contributed by atoms with Gasteiger partial charge in [0.05, 0.1) is 12.4 Å². The molecule has 0 aliphatic rings. The Hall–Kier alpha value is -2.47. The number of aromatic nitrogens is 2. The monoisotopic (exact) mass is 276 g/mol. The van der Waals surface area contributed by atoms with Gasteiger partial charge in [-0.1, -0.05) is 17.7 Å². The molecular weight excluding hydrogens is 268 g/mol. The molecule has 0 unspecified atom stereocenters. The van der Waals surface area contributed by atoms with Crippen molar-refractivity contribution in [3.63, 3.8) is 0 Å². The first-order valence-electron chi connectivity index (χ1n) is 5.25. The third-order valence-electron chi connectivity index (χ3n) is 2.26. The van der Waals surface area contributed by atoms with Gasteiger partial charge in [-0.05, 0) is 18.2 Å². The highest BCUT2D eigenvalue weighted by atomic mass is 35.5. The van der Waals surface area contributed by atoms with Gasteiger partial charge in [0.25, 0.3) is 5.91 Å². The highest BCUT2D eigenvalue weighted by molar-refractivity contribution is 6.29. The molecule has 0 spiro atoms. The fraction of sp³-hybridized carbons (Fsp3) is 0. The number of anilines is 1. The van der Waals surface area contributed by atoms with Crippen LogP contribution in [0.3, 0.4) is 0 Å². The molecule has 0 saturated heterocycles. The second-order valence-electron chi connectivity index (χ2n) is 3.63. The Bertz CT molecular complexity index is 645. The van der Waals surface area contributed by atoms with E-state index in [9.17, 15) is 9.59 Å². The average Bonchev–Trinajstić information content (AvgIpc) is 2.39. The number of halogens is 1. The number of benzene rings is 1. The zero-order valence-corrected chi connectivity index (χ0v) is 10.4. The maximum Gasteiger partial charge on any atom is 0.256 e. The second kappa shape index (κ2) is 5.45. The summed E-state index contributed by atoms with van der Waals surface area (Å²) < 4.78 is 0. The minimum atomic E-state index is -0.600. The molecule has 0 aliphatic carbocycles. The van der Waals surface area contributed by atoms with Crippen molar-refractivity contribution in [3.05, 3.63) is 52.9 Å². The summed E-state index contributed by atoms with van der Waals surface area (Å²) in [5.41, 5.74) is 5.69. The lowest BCUT2D eigenvalue weighted by Gasteiger charge is -2.05. The molecule has 1 aromatic carbocycles. The number of nitrogens with zero attached hydrogens (tertiary/aromatic N) is 2. The Morgan fingerprint density at radius 2 is 1.95 bits per heavy atom. The normalized spacial score (nSPS) is 9.95. The lowest BCUT2D eigenvalue weighted by atomic mass is 10.1. The van der Waals surface area contributed by atoms with E-state index < -0.39 is 11.8 Å². The van der Waals surface area contributed by atoms with E-state index >= 15 is 0 Å². The smallest absolute Gasteiger partial charge is 0.256 e. The van der Waals surface area contributed by atoms with E-state index in [-0.39, 0.29) is 22.1 Å². The number of hydrogen-bond donors (Lipinski definition) is 2. The fourth-order valence-electron chi connectivity index (χ4n) is 1.40. The highest BCUT2D eigenvalue weighted by Gasteiger charge is 2.09. The van der Waals surface area contributed by atoms with Crippen LogP contribution < -0.4 is 11.1 Å². The van der Waals surface area contributed by atoms with Crippen LogP contribution in [0.25, 0.3) is 0 Å². The number of carbonyl (C=O) groups excluding carboxylic acids is 2. The van der Waals surface area contributed by atoms with Gasteiger partial charge in [0.2, 0.25) is 5.91 Å². The minimum absolute atomic E-state index is 0.170. The summed E-state index contributed by atoms with van der Waals surface area (Å²) >= 11 is 5.66. The molecule has 1 heterocycles. The predicted octanol–water partition coefficient (Wildman–Crippen LogP) is 1.48. The number of hydrogen-bond acceptors (Lipinski definition) is 4. The molecular formula is C12H9ClN4O2. The number of nitrogens with two attached hydrogens (primary N) is 1. The number of primary amides is 1. The Kier molecular flexibility index (Phi) is 3.72. The highest BCUT2D eigenvalue weighted by Crippen LogP contribution is 2.10. The Labute approximate surface area is 113 Å². The van der Waals surface area contributed by atoms with E-state index in [4.69, 9.17) is 17.3 Å². The first-order valence-corrected chi connectivity index (χ1v) is 5.63. The molecule has 2 aromatic rings. The van der Waals surface area contributed by atoms with Gasteiger partial charge in [-0.15, -0.1) is 0 Å². The van der Waals surface area contributed by atoms with E-state index in [0.29, 0.717) is 0 Å². The van der Waals surface area contributed by atoms with Crippen molar-refractivity contribution < 1.29 is 9.59 Å². The Balaban J connectivity index is 2.20. The van der Waals surface area contributed by atoms with Crippen molar-refractivity contribution >= 4 is 29.2 Å². The van der Waals surface area contributed by atoms with Crippen molar-refractivity contribution in [3.8, 4) is 0 Å². The number of rotatable bonds is 3. The summed E-state index contributed by atoms with van der Waals surface area (Å²) in [4.78, 5) is 30.6. The van der Waals surface area contributed by atoms with E-state index in [1.165, 1.54) is 24.5 Å². The zero-order valence-electron chi connectivity index (χ0n) is 9.63. The lowest BCUT2D eigenvalue weighted by molar-refractivity contribution is 0.1000. The van der Waals surface area contributed by atoms with E-state index in [2.05, 4.69) is 15.3 Å². The van der Waals surface area contributed by atoms with Gasteiger partial charge < -0.3 is 11.1 Å². The molecule has 0 aliphatic heterocycles. The third kappa shape index (κ3) is 3.26. The third-order valence-corrected chi connectivity index (χ3v) is 2.44. The molecule has 3 N–H and O–H groups in total. The van der Waals surface area contributed by atoms with Crippen molar-refractivity contribution in [2.45, 2.75) is 0 Å².